The van der Waals surface area contributed by atoms with Crippen LogP contribution in [0.2, 0.25) is 0 Å². The molecular formula is C15H14N6O. The van der Waals surface area contributed by atoms with E-state index in [0.29, 0.717) is 17.4 Å². The van der Waals surface area contributed by atoms with Crippen molar-refractivity contribution in [2.24, 2.45) is 0 Å². The molecule has 3 aromatic rings. The SMILES string of the molecule is C[C@H]1Cc2[nH]cc(C(=O)Nc3cnccn3)c2-c2nccn21. The van der Waals surface area contributed by atoms with Gasteiger partial charge in [0.15, 0.2) is 5.82 Å². The lowest BCUT2D eigenvalue weighted by Gasteiger charge is -2.22. The fourth-order valence-electron chi connectivity index (χ4n) is 2.87. The van der Waals surface area contributed by atoms with Gasteiger partial charge in [-0.15, -0.1) is 0 Å². The van der Waals surface area contributed by atoms with E-state index in [-0.39, 0.29) is 5.91 Å². The molecule has 0 fully saturated rings. The number of hydrogen-bond donors (Lipinski definition) is 2. The third-order valence-electron chi connectivity index (χ3n) is 3.88. The van der Waals surface area contributed by atoms with Crippen LogP contribution in [-0.4, -0.2) is 30.4 Å². The number of aromatic amines is 1. The molecule has 0 saturated carbocycles. The number of fused-ring (bicyclic) bond motifs is 3. The monoisotopic (exact) mass is 294 g/mol. The largest absolute Gasteiger partial charge is 0.364 e. The summed E-state index contributed by atoms with van der Waals surface area (Å²) >= 11 is 0. The van der Waals surface area contributed by atoms with Crippen LogP contribution in [0.4, 0.5) is 5.82 Å². The van der Waals surface area contributed by atoms with Gasteiger partial charge in [0.25, 0.3) is 5.91 Å². The second-order valence-corrected chi connectivity index (χ2v) is 5.31. The van der Waals surface area contributed by atoms with E-state index < -0.39 is 0 Å². The molecule has 1 amide bonds. The molecule has 4 heterocycles. The second kappa shape index (κ2) is 4.80. The van der Waals surface area contributed by atoms with Crippen molar-refractivity contribution in [3.63, 3.8) is 0 Å². The first-order valence-corrected chi connectivity index (χ1v) is 7.05. The van der Waals surface area contributed by atoms with Crippen LogP contribution >= 0.6 is 0 Å². The molecule has 0 radical (unpaired) electrons. The molecule has 0 unspecified atom stereocenters. The number of anilines is 1. The van der Waals surface area contributed by atoms with Crippen LogP contribution in [0.25, 0.3) is 11.4 Å². The number of carbonyl (C=O) groups excluding carboxylic acids is 1. The van der Waals surface area contributed by atoms with E-state index >= 15 is 0 Å². The highest BCUT2D eigenvalue weighted by Crippen LogP contribution is 2.35. The lowest BCUT2D eigenvalue weighted by Crippen LogP contribution is -2.18. The van der Waals surface area contributed by atoms with Gasteiger partial charge in [-0.2, -0.15) is 0 Å². The smallest absolute Gasteiger partial charge is 0.259 e. The topological polar surface area (TPSA) is 88.5 Å². The van der Waals surface area contributed by atoms with E-state index in [9.17, 15) is 4.79 Å². The third-order valence-corrected chi connectivity index (χ3v) is 3.88. The predicted octanol–water partition coefficient (Wildman–Crippen LogP) is 2.04. The third kappa shape index (κ3) is 1.90. The summed E-state index contributed by atoms with van der Waals surface area (Å²) in [5, 5.41) is 2.76. The molecule has 0 aromatic carbocycles. The van der Waals surface area contributed by atoms with Crippen LogP contribution in [0.1, 0.15) is 29.0 Å². The molecule has 110 valence electrons. The number of imidazole rings is 1. The summed E-state index contributed by atoms with van der Waals surface area (Å²) in [5.74, 6) is 1.02. The van der Waals surface area contributed by atoms with Crippen molar-refractivity contribution < 1.29 is 4.79 Å². The summed E-state index contributed by atoms with van der Waals surface area (Å²) < 4.78 is 2.09. The molecule has 0 aliphatic carbocycles. The Morgan fingerprint density at radius 2 is 2.27 bits per heavy atom. The van der Waals surface area contributed by atoms with Crippen LogP contribution in [0.5, 0.6) is 0 Å². The Labute approximate surface area is 126 Å². The van der Waals surface area contributed by atoms with Gasteiger partial charge in [0.1, 0.15) is 5.82 Å². The minimum Gasteiger partial charge on any atom is -0.364 e. The quantitative estimate of drug-likeness (QED) is 0.757. The minimum absolute atomic E-state index is 0.220. The highest BCUT2D eigenvalue weighted by molar-refractivity contribution is 6.08. The van der Waals surface area contributed by atoms with Gasteiger partial charge in [0.2, 0.25) is 0 Å². The second-order valence-electron chi connectivity index (χ2n) is 5.31. The van der Waals surface area contributed by atoms with Crippen molar-refractivity contribution in [1.29, 1.82) is 0 Å². The number of hydrogen-bond acceptors (Lipinski definition) is 4. The van der Waals surface area contributed by atoms with Crippen molar-refractivity contribution in [2.45, 2.75) is 19.4 Å². The van der Waals surface area contributed by atoms with E-state index in [1.807, 2.05) is 6.20 Å². The normalized spacial score (nSPS) is 16.0. The maximum Gasteiger partial charge on any atom is 0.259 e. The van der Waals surface area contributed by atoms with Crippen LogP contribution < -0.4 is 5.32 Å². The van der Waals surface area contributed by atoms with Gasteiger partial charge in [-0.1, -0.05) is 0 Å². The number of H-pyrrole nitrogens is 1. The number of aromatic nitrogens is 5. The Hall–Kier alpha value is -2.96. The van der Waals surface area contributed by atoms with Gasteiger partial charge in [-0.05, 0) is 6.92 Å². The van der Waals surface area contributed by atoms with Crippen molar-refractivity contribution in [1.82, 2.24) is 24.5 Å². The minimum atomic E-state index is -0.220. The summed E-state index contributed by atoms with van der Waals surface area (Å²) in [6.45, 7) is 2.13. The Bertz CT molecular complexity index is 835. The van der Waals surface area contributed by atoms with Crippen LogP contribution in [0.15, 0.2) is 37.2 Å². The number of rotatable bonds is 2. The number of nitrogens with zero attached hydrogens (tertiary/aromatic N) is 4. The lowest BCUT2D eigenvalue weighted by molar-refractivity contribution is 0.102. The Kier molecular flexibility index (Phi) is 2.78. The lowest BCUT2D eigenvalue weighted by atomic mass is 10.0. The average Bonchev–Trinajstić information content (AvgIpc) is 3.14. The zero-order chi connectivity index (χ0) is 15.1. The van der Waals surface area contributed by atoms with Crippen molar-refractivity contribution in [3.05, 3.63) is 48.4 Å². The van der Waals surface area contributed by atoms with E-state index in [1.54, 1.807) is 18.6 Å². The summed E-state index contributed by atoms with van der Waals surface area (Å²) in [4.78, 5) is 28.1. The molecule has 2 N–H and O–H groups in total. The van der Waals surface area contributed by atoms with E-state index in [2.05, 4.69) is 36.7 Å². The number of carbonyl (C=O) groups is 1. The molecule has 0 spiro atoms. The first-order valence-electron chi connectivity index (χ1n) is 7.05. The molecule has 1 aliphatic heterocycles. The van der Waals surface area contributed by atoms with Gasteiger partial charge in [0.05, 0.1) is 17.3 Å². The van der Waals surface area contributed by atoms with E-state index in [1.165, 1.54) is 12.4 Å². The zero-order valence-corrected chi connectivity index (χ0v) is 11.9. The molecule has 7 nitrogen and oxygen atoms in total. The molecule has 1 atom stereocenters. The molecule has 1 aliphatic rings. The molecule has 0 saturated heterocycles. The van der Waals surface area contributed by atoms with E-state index in [0.717, 1.165) is 23.5 Å². The molecule has 0 bridgehead atoms. The predicted molar refractivity (Wildman–Crippen MR) is 80.4 cm³/mol. The fourth-order valence-corrected chi connectivity index (χ4v) is 2.87. The summed E-state index contributed by atoms with van der Waals surface area (Å²) in [7, 11) is 0. The first kappa shape index (κ1) is 12.8. The molecule has 3 aromatic heterocycles. The van der Waals surface area contributed by atoms with Crippen LogP contribution in [0, 0.1) is 0 Å². The highest BCUT2D eigenvalue weighted by Gasteiger charge is 2.28. The Morgan fingerprint density at radius 1 is 1.36 bits per heavy atom. The fraction of sp³-hybridized carbons (Fsp3) is 0.200. The maximum atomic E-state index is 12.5. The van der Waals surface area contributed by atoms with Gasteiger partial charge >= 0.3 is 0 Å². The van der Waals surface area contributed by atoms with Crippen molar-refractivity contribution >= 4 is 11.7 Å². The van der Waals surface area contributed by atoms with Gasteiger partial charge < -0.3 is 14.9 Å². The molecular weight excluding hydrogens is 280 g/mol. The van der Waals surface area contributed by atoms with Gasteiger partial charge in [-0.25, -0.2) is 9.97 Å². The Morgan fingerprint density at radius 3 is 3.09 bits per heavy atom. The summed E-state index contributed by atoms with van der Waals surface area (Å²) in [5.41, 5.74) is 2.47. The van der Waals surface area contributed by atoms with Crippen LogP contribution in [0.3, 0.4) is 0 Å². The van der Waals surface area contributed by atoms with Gasteiger partial charge in [0, 0.05) is 49.1 Å². The molecule has 4 rings (SSSR count). The number of amides is 1. The zero-order valence-electron chi connectivity index (χ0n) is 11.9. The van der Waals surface area contributed by atoms with Crippen LogP contribution in [-0.2, 0) is 6.42 Å². The Balaban J connectivity index is 1.73. The first-order chi connectivity index (χ1) is 10.7. The molecule has 7 heteroatoms. The average molecular weight is 294 g/mol. The summed E-state index contributed by atoms with van der Waals surface area (Å²) in [6, 6.07) is 0.319. The van der Waals surface area contributed by atoms with Gasteiger partial charge in [-0.3, -0.25) is 9.78 Å². The number of nitrogens with one attached hydrogen (secondary N) is 2. The molecule has 22 heavy (non-hydrogen) atoms. The van der Waals surface area contributed by atoms with Crippen molar-refractivity contribution in [2.75, 3.05) is 5.32 Å². The maximum absolute atomic E-state index is 12.5. The highest BCUT2D eigenvalue weighted by atomic mass is 16.1. The van der Waals surface area contributed by atoms with Crippen molar-refractivity contribution in [3.8, 4) is 11.4 Å². The summed E-state index contributed by atoms with van der Waals surface area (Å²) in [6.07, 6.45) is 10.9. The standard InChI is InChI=1S/C15H14N6O/c1-9-6-11-13(14-18-4-5-21(9)14)10(7-19-11)15(22)20-12-8-16-2-3-17-12/h2-5,7-9,19H,6H2,1H3,(H,17,20,22)/t9-/m0/s1. The van der Waals surface area contributed by atoms with E-state index in [4.69, 9.17) is 0 Å².